The smallest absolute Gasteiger partial charge is 0.230 e. The molecule has 3 rings (SSSR count). The number of carbonyl (C=O) groups is 1. The lowest BCUT2D eigenvalue weighted by molar-refractivity contribution is -0.119. The van der Waals surface area contributed by atoms with Gasteiger partial charge in [-0.25, -0.2) is 9.97 Å². The van der Waals surface area contributed by atoms with Crippen LogP contribution >= 0.6 is 23.1 Å². The second-order valence-electron chi connectivity index (χ2n) is 5.63. The van der Waals surface area contributed by atoms with Gasteiger partial charge in [-0.2, -0.15) is 0 Å². The van der Waals surface area contributed by atoms with Crippen LogP contribution in [0.5, 0.6) is 0 Å². The fourth-order valence-corrected chi connectivity index (χ4v) is 4.53. The quantitative estimate of drug-likeness (QED) is 0.545. The summed E-state index contributed by atoms with van der Waals surface area (Å²) in [4.78, 5) is 23.5. The van der Waals surface area contributed by atoms with E-state index in [1.165, 1.54) is 22.2 Å². The Morgan fingerprint density at radius 1 is 1.38 bits per heavy atom. The molecular formula is C17H19N3O2S2. The second-order valence-corrected chi connectivity index (χ2v) is 7.80. The average Bonchev–Trinajstić information content (AvgIpc) is 3.14. The highest BCUT2D eigenvalue weighted by molar-refractivity contribution is 8.00. The van der Waals surface area contributed by atoms with Crippen molar-refractivity contribution in [2.75, 3.05) is 5.75 Å². The Balaban J connectivity index is 1.72. The molecule has 7 heteroatoms. The van der Waals surface area contributed by atoms with Crippen LogP contribution in [0.15, 0.2) is 27.8 Å². The van der Waals surface area contributed by atoms with Crippen LogP contribution in [0.2, 0.25) is 0 Å². The molecule has 0 spiro atoms. The van der Waals surface area contributed by atoms with Crippen molar-refractivity contribution in [1.29, 1.82) is 0 Å². The highest BCUT2D eigenvalue weighted by Gasteiger charge is 2.16. The van der Waals surface area contributed by atoms with Crippen molar-refractivity contribution in [3.8, 4) is 0 Å². The van der Waals surface area contributed by atoms with Gasteiger partial charge in [0.2, 0.25) is 5.91 Å². The summed E-state index contributed by atoms with van der Waals surface area (Å²) in [5, 5.41) is 4.89. The number of nitrogens with one attached hydrogen (secondary N) is 1. The molecule has 3 heterocycles. The van der Waals surface area contributed by atoms with Gasteiger partial charge in [0.25, 0.3) is 0 Å². The van der Waals surface area contributed by atoms with Crippen molar-refractivity contribution >= 4 is 39.2 Å². The van der Waals surface area contributed by atoms with E-state index in [2.05, 4.69) is 29.1 Å². The molecule has 0 bridgehead atoms. The SMILES string of the molecule is Cc1nc(SCC(=O)N[C@H](C)c2ccco2)c2c(C)c(C)sc2n1. The van der Waals surface area contributed by atoms with E-state index in [0.717, 1.165) is 26.8 Å². The molecule has 0 saturated carbocycles. The van der Waals surface area contributed by atoms with Gasteiger partial charge in [-0.05, 0) is 45.4 Å². The van der Waals surface area contributed by atoms with E-state index in [0.29, 0.717) is 5.75 Å². The Morgan fingerprint density at radius 3 is 2.88 bits per heavy atom. The third-order valence-electron chi connectivity index (χ3n) is 3.79. The molecule has 1 amide bonds. The molecule has 0 aromatic carbocycles. The first-order valence-electron chi connectivity index (χ1n) is 7.65. The number of hydrogen-bond donors (Lipinski definition) is 1. The maximum absolute atomic E-state index is 12.2. The summed E-state index contributed by atoms with van der Waals surface area (Å²) in [6.07, 6.45) is 1.61. The zero-order chi connectivity index (χ0) is 17.3. The predicted molar refractivity (Wildman–Crippen MR) is 97.6 cm³/mol. The first kappa shape index (κ1) is 17.0. The zero-order valence-corrected chi connectivity index (χ0v) is 15.7. The Kier molecular flexibility index (Phi) is 4.91. The standard InChI is InChI=1S/C17H19N3O2S2/c1-9-11(3)24-17-15(9)16(19-12(4)20-17)23-8-14(21)18-10(2)13-6-5-7-22-13/h5-7,10H,8H2,1-4H3,(H,18,21)/t10-/m1/s1. The van der Waals surface area contributed by atoms with Crippen molar-refractivity contribution in [2.24, 2.45) is 0 Å². The summed E-state index contributed by atoms with van der Waals surface area (Å²) in [5.41, 5.74) is 1.20. The third-order valence-corrected chi connectivity index (χ3v) is 5.87. The lowest BCUT2D eigenvalue weighted by Gasteiger charge is -2.11. The molecule has 0 fully saturated rings. The number of aryl methyl sites for hydroxylation is 3. The van der Waals surface area contributed by atoms with Crippen LogP contribution < -0.4 is 5.32 Å². The Hall–Kier alpha value is -1.86. The number of thiophene rings is 1. The monoisotopic (exact) mass is 361 g/mol. The minimum atomic E-state index is -0.148. The molecule has 0 aliphatic carbocycles. The Morgan fingerprint density at radius 2 is 2.17 bits per heavy atom. The number of fused-ring (bicyclic) bond motifs is 1. The number of rotatable bonds is 5. The van der Waals surface area contributed by atoms with E-state index in [4.69, 9.17) is 4.42 Å². The van der Waals surface area contributed by atoms with Gasteiger partial charge in [0, 0.05) is 10.3 Å². The van der Waals surface area contributed by atoms with Crippen LogP contribution in [0.1, 0.15) is 35.0 Å². The molecule has 0 unspecified atom stereocenters. The van der Waals surface area contributed by atoms with Crippen molar-refractivity contribution < 1.29 is 9.21 Å². The number of aromatic nitrogens is 2. The van der Waals surface area contributed by atoms with Crippen LogP contribution in [0, 0.1) is 20.8 Å². The summed E-state index contributed by atoms with van der Waals surface area (Å²) in [5.74, 6) is 1.75. The molecule has 0 saturated heterocycles. The van der Waals surface area contributed by atoms with E-state index in [-0.39, 0.29) is 11.9 Å². The van der Waals surface area contributed by atoms with Gasteiger partial charge in [-0.15, -0.1) is 11.3 Å². The molecular weight excluding hydrogens is 342 g/mol. The highest BCUT2D eigenvalue weighted by Crippen LogP contribution is 2.35. The summed E-state index contributed by atoms with van der Waals surface area (Å²) < 4.78 is 5.31. The second kappa shape index (κ2) is 6.94. The molecule has 3 aromatic heterocycles. The van der Waals surface area contributed by atoms with Crippen molar-refractivity contribution in [1.82, 2.24) is 15.3 Å². The van der Waals surface area contributed by atoms with E-state index in [9.17, 15) is 4.79 Å². The van der Waals surface area contributed by atoms with Crippen LogP contribution in [0.3, 0.4) is 0 Å². The normalized spacial score (nSPS) is 12.5. The summed E-state index contributed by atoms with van der Waals surface area (Å²) in [7, 11) is 0. The average molecular weight is 361 g/mol. The van der Waals surface area contributed by atoms with Crippen LogP contribution in [-0.4, -0.2) is 21.6 Å². The lowest BCUT2D eigenvalue weighted by atomic mass is 10.2. The van der Waals surface area contributed by atoms with Crippen LogP contribution in [0.25, 0.3) is 10.2 Å². The molecule has 1 N–H and O–H groups in total. The van der Waals surface area contributed by atoms with Crippen LogP contribution in [0.4, 0.5) is 0 Å². The van der Waals surface area contributed by atoms with Crippen molar-refractivity contribution in [2.45, 2.75) is 38.8 Å². The molecule has 0 aliphatic heterocycles. The number of amides is 1. The van der Waals surface area contributed by atoms with Gasteiger partial charge < -0.3 is 9.73 Å². The van der Waals surface area contributed by atoms with Crippen LogP contribution in [-0.2, 0) is 4.79 Å². The number of carbonyl (C=O) groups excluding carboxylic acids is 1. The summed E-state index contributed by atoms with van der Waals surface area (Å²) in [6.45, 7) is 7.95. The van der Waals surface area contributed by atoms with Gasteiger partial charge in [0.15, 0.2) is 0 Å². The third kappa shape index (κ3) is 3.47. The minimum Gasteiger partial charge on any atom is -0.467 e. The largest absolute Gasteiger partial charge is 0.467 e. The van der Waals surface area contributed by atoms with Gasteiger partial charge in [0.1, 0.15) is 21.4 Å². The van der Waals surface area contributed by atoms with E-state index in [1.807, 2.05) is 26.0 Å². The fourth-order valence-electron chi connectivity index (χ4n) is 2.44. The maximum atomic E-state index is 12.2. The van der Waals surface area contributed by atoms with Crippen molar-refractivity contribution in [3.05, 3.63) is 40.4 Å². The first-order chi connectivity index (χ1) is 11.5. The lowest BCUT2D eigenvalue weighted by Crippen LogP contribution is -2.27. The van der Waals surface area contributed by atoms with E-state index in [1.54, 1.807) is 17.6 Å². The van der Waals surface area contributed by atoms with Gasteiger partial charge in [-0.3, -0.25) is 4.79 Å². The van der Waals surface area contributed by atoms with Gasteiger partial charge in [0.05, 0.1) is 18.1 Å². The maximum Gasteiger partial charge on any atom is 0.230 e. The number of nitrogens with zero attached hydrogens (tertiary/aromatic N) is 2. The molecule has 0 aliphatic rings. The van der Waals surface area contributed by atoms with E-state index >= 15 is 0 Å². The first-order valence-corrected chi connectivity index (χ1v) is 9.46. The number of furan rings is 1. The fraction of sp³-hybridized carbons (Fsp3) is 0.353. The predicted octanol–water partition coefficient (Wildman–Crippen LogP) is 4.18. The van der Waals surface area contributed by atoms with Gasteiger partial charge >= 0.3 is 0 Å². The minimum absolute atomic E-state index is 0.0436. The topological polar surface area (TPSA) is 68.0 Å². The zero-order valence-electron chi connectivity index (χ0n) is 14.0. The highest BCUT2D eigenvalue weighted by atomic mass is 32.2. The Bertz CT molecular complexity index is 872. The molecule has 3 aromatic rings. The Labute approximate surface area is 148 Å². The van der Waals surface area contributed by atoms with Crippen molar-refractivity contribution in [3.63, 3.8) is 0 Å². The van der Waals surface area contributed by atoms with E-state index < -0.39 is 0 Å². The molecule has 1 atom stereocenters. The summed E-state index contributed by atoms with van der Waals surface area (Å²) >= 11 is 3.12. The number of hydrogen-bond acceptors (Lipinski definition) is 6. The molecule has 24 heavy (non-hydrogen) atoms. The molecule has 5 nitrogen and oxygen atoms in total. The number of thioether (sulfide) groups is 1. The molecule has 0 radical (unpaired) electrons. The summed E-state index contributed by atoms with van der Waals surface area (Å²) in [6, 6.07) is 3.52. The van der Waals surface area contributed by atoms with Gasteiger partial charge in [-0.1, -0.05) is 11.8 Å². The molecule has 126 valence electrons.